The molecule has 0 saturated heterocycles. The molecular weight excluding hydrogens is 304 g/mol. The van der Waals surface area contributed by atoms with E-state index in [0.29, 0.717) is 24.1 Å². The molecule has 0 spiro atoms. The van der Waals surface area contributed by atoms with Crippen molar-refractivity contribution < 1.29 is 9.15 Å². The third-order valence-corrected chi connectivity index (χ3v) is 3.94. The second-order valence-electron chi connectivity index (χ2n) is 5.44. The van der Waals surface area contributed by atoms with Gasteiger partial charge in [0.15, 0.2) is 0 Å². The molecule has 0 saturated carbocycles. The van der Waals surface area contributed by atoms with Gasteiger partial charge in [0.1, 0.15) is 18.1 Å². The van der Waals surface area contributed by atoms with Crippen molar-refractivity contribution in [3.05, 3.63) is 60.2 Å². The lowest BCUT2D eigenvalue weighted by Crippen LogP contribution is -2.02. The van der Waals surface area contributed by atoms with Gasteiger partial charge in [-0.05, 0) is 31.2 Å². The van der Waals surface area contributed by atoms with Crippen LogP contribution in [0.4, 0.5) is 0 Å². The van der Waals surface area contributed by atoms with Crippen LogP contribution in [-0.2, 0) is 6.54 Å². The minimum absolute atomic E-state index is 0.449. The molecule has 0 N–H and O–H groups in total. The predicted octanol–water partition coefficient (Wildman–Crippen LogP) is 3.45. The average molecular weight is 320 g/mol. The lowest BCUT2D eigenvalue weighted by molar-refractivity contribution is 0.413. The molecule has 0 bridgehead atoms. The lowest BCUT2D eigenvalue weighted by atomic mass is 10.2. The molecule has 2 heterocycles. The third-order valence-electron chi connectivity index (χ3n) is 3.94. The average Bonchev–Trinajstić information content (AvgIpc) is 3.20. The second kappa shape index (κ2) is 5.81. The fourth-order valence-electron chi connectivity index (χ4n) is 2.78. The summed E-state index contributed by atoms with van der Waals surface area (Å²) >= 11 is 0. The van der Waals surface area contributed by atoms with Gasteiger partial charge in [0.05, 0.1) is 23.7 Å². The Balaban J connectivity index is 1.69. The molecule has 0 aliphatic heterocycles. The molecule has 2 aromatic carbocycles. The Bertz CT molecular complexity index is 1000. The minimum Gasteiger partial charge on any atom is -0.496 e. The number of ether oxygens (including phenoxy) is 1. The van der Waals surface area contributed by atoms with Crippen molar-refractivity contribution in [3.63, 3.8) is 0 Å². The van der Waals surface area contributed by atoms with Gasteiger partial charge in [0.2, 0.25) is 5.89 Å². The van der Waals surface area contributed by atoms with Gasteiger partial charge in [-0.25, -0.2) is 4.98 Å². The van der Waals surface area contributed by atoms with Gasteiger partial charge in [-0.3, -0.25) is 0 Å². The monoisotopic (exact) mass is 320 g/mol. The Morgan fingerprint density at radius 3 is 2.71 bits per heavy atom. The molecule has 0 aliphatic rings. The Morgan fingerprint density at radius 2 is 1.83 bits per heavy atom. The maximum absolute atomic E-state index is 5.84. The van der Waals surface area contributed by atoms with E-state index in [9.17, 15) is 0 Å². The fraction of sp³-hybridized carbons (Fsp3) is 0.167. The Labute approximate surface area is 138 Å². The van der Waals surface area contributed by atoms with Crippen LogP contribution in [0.25, 0.3) is 22.5 Å². The Hall–Kier alpha value is -3.15. The number of methoxy groups -OCH3 is 1. The summed E-state index contributed by atoms with van der Waals surface area (Å²) in [6, 6.07) is 15.6. The molecule has 6 heteroatoms. The van der Waals surface area contributed by atoms with Crippen LogP contribution in [0, 0.1) is 6.92 Å². The molecule has 4 rings (SSSR count). The number of para-hydroxylation sites is 3. The first-order valence-electron chi connectivity index (χ1n) is 7.64. The summed E-state index contributed by atoms with van der Waals surface area (Å²) in [6.45, 7) is 2.45. The number of fused-ring (bicyclic) bond motifs is 1. The number of aromatic nitrogens is 4. The van der Waals surface area contributed by atoms with Crippen LogP contribution in [0.3, 0.4) is 0 Å². The van der Waals surface area contributed by atoms with E-state index in [1.807, 2.05) is 55.5 Å². The molecule has 0 fully saturated rings. The molecule has 120 valence electrons. The van der Waals surface area contributed by atoms with Gasteiger partial charge in [-0.15, -0.1) is 10.2 Å². The van der Waals surface area contributed by atoms with E-state index < -0.39 is 0 Å². The van der Waals surface area contributed by atoms with E-state index in [0.717, 1.165) is 22.4 Å². The number of imidazole rings is 1. The van der Waals surface area contributed by atoms with E-state index in [1.165, 1.54) is 0 Å². The van der Waals surface area contributed by atoms with Gasteiger partial charge < -0.3 is 13.7 Å². The number of nitrogens with zero attached hydrogens (tertiary/aromatic N) is 4. The quantitative estimate of drug-likeness (QED) is 0.576. The van der Waals surface area contributed by atoms with Gasteiger partial charge in [-0.2, -0.15) is 0 Å². The Morgan fingerprint density at radius 1 is 1.04 bits per heavy atom. The molecule has 0 unspecified atom stereocenters. The zero-order valence-electron chi connectivity index (χ0n) is 13.4. The first kappa shape index (κ1) is 14.4. The summed E-state index contributed by atoms with van der Waals surface area (Å²) in [5.41, 5.74) is 2.79. The molecule has 0 aliphatic carbocycles. The standard InChI is InChI=1S/C18H16N4O2/c1-12-19-14-8-4-5-9-15(14)22(12)11-17-20-21-18(24-17)13-7-3-6-10-16(13)23-2/h3-10H,11H2,1-2H3. The summed E-state index contributed by atoms with van der Waals surface area (Å²) < 4.78 is 13.3. The highest BCUT2D eigenvalue weighted by Crippen LogP contribution is 2.28. The van der Waals surface area contributed by atoms with Crippen molar-refractivity contribution in [2.24, 2.45) is 0 Å². The van der Waals surface area contributed by atoms with E-state index >= 15 is 0 Å². The minimum atomic E-state index is 0.449. The highest BCUT2D eigenvalue weighted by molar-refractivity contribution is 5.75. The molecular formula is C18H16N4O2. The van der Waals surface area contributed by atoms with Crippen LogP contribution in [0.5, 0.6) is 5.75 Å². The third kappa shape index (κ3) is 2.42. The summed E-state index contributed by atoms with van der Waals surface area (Å²) in [4.78, 5) is 4.55. The SMILES string of the molecule is COc1ccccc1-c1nnc(Cn2c(C)nc3ccccc32)o1. The van der Waals surface area contributed by atoms with Crippen LogP contribution in [0.2, 0.25) is 0 Å². The van der Waals surface area contributed by atoms with Crippen LogP contribution < -0.4 is 4.74 Å². The normalized spacial score (nSPS) is 11.1. The van der Waals surface area contributed by atoms with Crippen LogP contribution in [0.15, 0.2) is 52.9 Å². The zero-order chi connectivity index (χ0) is 16.5. The van der Waals surface area contributed by atoms with Crippen molar-refractivity contribution in [1.29, 1.82) is 0 Å². The zero-order valence-corrected chi connectivity index (χ0v) is 13.4. The molecule has 0 atom stereocenters. The van der Waals surface area contributed by atoms with Gasteiger partial charge in [0.25, 0.3) is 5.89 Å². The molecule has 4 aromatic rings. The topological polar surface area (TPSA) is 66.0 Å². The van der Waals surface area contributed by atoms with Crippen molar-refractivity contribution in [2.75, 3.05) is 7.11 Å². The van der Waals surface area contributed by atoms with Crippen molar-refractivity contribution in [2.45, 2.75) is 13.5 Å². The summed E-state index contributed by atoms with van der Waals surface area (Å²) in [5, 5.41) is 8.32. The summed E-state index contributed by atoms with van der Waals surface area (Å²) in [6.07, 6.45) is 0. The van der Waals surface area contributed by atoms with Gasteiger partial charge >= 0.3 is 0 Å². The number of hydrogen-bond donors (Lipinski definition) is 0. The smallest absolute Gasteiger partial charge is 0.251 e. The summed E-state index contributed by atoms with van der Waals surface area (Å²) in [5.74, 6) is 2.59. The molecule has 24 heavy (non-hydrogen) atoms. The van der Waals surface area contributed by atoms with Crippen molar-refractivity contribution >= 4 is 11.0 Å². The molecule has 2 aromatic heterocycles. The van der Waals surface area contributed by atoms with E-state index in [-0.39, 0.29) is 0 Å². The number of aryl methyl sites for hydroxylation is 1. The van der Waals surface area contributed by atoms with E-state index in [4.69, 9.17) is 9.15 Å². The van der Waals surface area contributed by atoms with Crippen LogP contribution in [-0.4, -0.2) is 26.9 Å². The van der Waals surface area contributed by atoms with E-state index in [1.54, 1.807) is 7.11 Å². The van der Waals surface area contributed by atoms with Crippen molar-refractivity contribution in [1.82, 2.24) is 19.7 Å². The first-order valence-corrected chi connectivity index (χ1v) is 7.64. The Kier molecular flexibility index (Phi) is 3.49. The first-order chi connectivity index (χ1) is 11.8. The van der Waals surface area contributed by atoms with Crippen molar-refractivity contribution in [3.8, 4) is 17.2 Å². The van der Waals surface area contributed by atoms with Crippen LogP contribution >= 0.6 is 0 Å². The highest BCUT2D eigenvalue weighted by Gasteiger charge is 2.15. The fourth-order valence-corrected chi connectivity index (χ4v) is 2.78. The predicted molar refractivity (Wildman–Crippen MR) is 89.9 cm³/mol. The number of hydrogen-bond acceptors (Lipinski definition) is 5. The maximum atomic E-state index is 5.84. The van der Waals surface area contributed by atoms with Gasteiger partial charge in [-0.1, -0.05) is 24.3 Å². The number of benzene rings is 2. The summed E-state index contributed by atoms with van der Waals surface area (Å²) in [7, 11) is 1.62. The molecule has 0 radical (unpaired) electrons. The lowest BCUT2D eigenvalue weighted by Gasteiger charge is -2.04. The molecule has 6 nitrogen and oxygen atoms in total. The largest absolute Gasteiger partial charge is 0.496 e. The second-order valence-corrected chi connectivity index (χ2v) is 5.44. The van der Waals surface area contributed by atoms with Gasteiger partial charge in [0, 0.05) is 0 Å². The number of rotatable bonds is 4. The highest BCUT2D eigenvalue weighted by atomic mass is 16.5. The molecule has 0 amide bonds. The maximum Gasteiger partial charge on any atom is 0.251 e. The van der Waals surface area contributed by atoms with Crippen LogP contribution in [0.1, 0.15) is 11.7 Å². The van der Waals surface area contributed by atoms with E-state index in [2.05, 4.69) is 19.7 Å².